The van der Waals surface area contributed by atoms with Crippen molar-refractivity contribution in [2.24, 2.45) is 7.05 Å². The highest BCUT2D eigenvalue weighted by molar-refractivity contribution is 5.73. The van der Waals surface area contributed by atoms with E-state index in [0.29, 0.717) is 6.54 Å². The lowest BCUT2D eigenvalue weighted by atomic mass is 10.2. The van der Waals surface area contributed by atoms with Gasteiger partial charge in [-0.3, -0.25) is 14.4 Å². The van der Waals surface area contributed by atoms with Crippen LogP contribution >= 0.6 is 0 Å². The Morgan fingerprint density at radius 3 is 3.13 bits per heavy atom. The van der Waals surface area contributed by atoms with Gasteiger partial charge in [0.1, 0.15) is 6.04 Å². The second-order valence-electron chi connectivity index (χ2n) is 3.99. The average molecular weight is 209 g/mol. The third-order valence-electron chi connectivity index (χ3n) is 2.79. The van der Waals surface area contributed by atoms with E-state index in [1.807, 2.05) is 18.1 Å². The van der Waals surface area contributed by atoms with Crippen molar-refractivity contribution in [3.63, 3.8) is 0 Å². The number of hydrogen-bond donors (Lipinski definition) is 1. The molecule has 0 spiro atoms. The molecule has 1 atom stereocenters. The number of carbonyl (C=O) groups is 1. The standard InChI is InChI=1S/C10H15N3O2/c1-12-6-8(5-11-12)7-13-4-2-3-9(13)10(14)15/h5-6,9H,2-4,7H2,1H3,(H,14,15). The van der Waals surface area contributed by atoms with Gasteiger partial charge in [0, 0.05) is 25.4 Å². The normalized spacial score (nSPS) is 22.1. The van der Waals surface area contributed by atoms with Gasteiger partial charge in [0.2, 0.25) is 0 Å². The maximum absolute atomic E-state index is 10.9. The van der Waals surface area contributed by atoms with Crippen LogP contribution in [-0.2, 0) is 18.4 Å². The highest BCUT2D eigenvalue weighted by atomic mass is 16.4. The van der Waals surface area contributed by atoms with Gasteiger partial charge in [-0.2, -0.15) is 5.10 Å². The Morgan fingerprint density at radius 2 is 2.53 bits per heavy atom. The molecule has 82 valence electrons. The molecule has 0 amide bonds. The molecule has 1 saturated heterocycles. The SMILES string of the molecule is Cn1cc(CN2CCCC2C(=O)O)cn1. The van der Waals surface area contributed by atoms with E-state index in [-0.39, 0.29) is 6.04 Å². The fourth-order valence-electron chi connectivity index (χ4n) is 2.08. The van der Waals surface area contributed by atoms with Gasteiger partial charge in [0.25, 0.3) is 0 Å². The lowest BCUT2D eigenvalue weighted by molar-refractivity contribution is -0.142. The summed E-state index contributed by atoms with van der Waals surface area (Å²) in [5.74, 6) is -0.712. The van der Waals surface area contributed by atoms with Crippen LogP contribution in [0.15, 0.2) is 12.4 Å². The molecule has 1 fully saturated rings. The maximum atomic E-state index is 10.9. The van der Waals surface area contributed by atoms with E-state index in [2.05, 4.69) is 5.10 Å². The molecule has 0 saturated carbocycles. The summed E-state index contributed by atoms with van der Waals surface area (Å²) >= 11 is 0. The van der Waals surface area contributed by atoms with Gasteiger partial charge in [-0.05, 0) is 19.4 Å². The average Bonchev–Trinajstić information content (AvgIpc) is 2.75. The number of carboxylic acid groups (broad SMARTS) is 1. The predicted octanol–water partition coefficient (Wildman–Crippen LogP) is 0.469. The number of rotatable bonds is 3. The summed E-state index contributed by atoms with van der Waals surface area (Å²) < 4.78 is 1.74. The summed E-state index contributed by atoms with van der Waals surface area (Å²) in [4.78, 5) is 12.9. The smallest absolute Gasteiger partial charge is 0.320 e. The zero-order chi connectivity index (χ0) is 10.8. The third-order valence-corrected chi connectivity index (χ3v) is 2.79. The molecule has 0 bridgehead atoms. The van der Waals surface area contributed by atoms with Crippen molar-refractivity contribution in [2.45, 2.75) is 25.4 Å². The number of likely N-dealkylation sites (tertiary alicyclic amines) is 1. The first-order chi connectivity index (χ1) is 7.16. The molecule has 1 unspecified atom stereocenters. The van der Waals surface area contributed by atoms with Gasteiger partial charge >= 0.3 is 5.97 Å². The van der Waals surface area contributed by atoms with E-state index in [0.717, 1.165) is 24.9 Å². The van der Waals surface area contributed by atoms with E-state index in [9.17, 15) is 4.79 Å². The largest absolute Gasteiger partial charge is 0.480 e. The Balaban J connectivity index is 2.02. The summed E-state index contributed by atoms with van der Waals surface area (Å²) in [5.41, 5.74) is 1.07. The van der Waals surface area contributed by atoms with Crippen molar-refractivity contribution in [1.82, 2.24) is 14.7 Å². The minimum atomic E-state index is -0.712. The van der Waals surface area contributed by atoms with E-state index in [4.69, 9.17) is 5.11 Å². The highest BCUT2D eigenvalue weighted by Gasteiger charge is 2.30. The number of aromatic nitrogens is 2. The molecule has 5 heteroatoms. The number of aryl methyl sites for hydroxylation is 1. The minimum Gasteiger partial charge on any atom is -0.480 e. The molecule has 1 aromatic rings. The Morgan fingerprint density at radius 1 is 1.73 bits per heavy atom. The zero-order valence-corrected chi connectivity index (χ0v) is 8.76. The van der Waals surface area contributed by atoms with Crippen LogP contribution in [0.25, 0.3) is 0 Å². The Hall–Kier alpha value is -1.36. The summed E-state index contributed by atoms with van der Waals surface area (Å²) in [6.45, 7) is 1.55. The van der Waals surface area contributed by atoms with Gasteiger partial charge < -0.3 is 5.11 Å². The molecular weight excluding hydrogens is 194 g/mol. The van der Waals surface area contributed by atoms with E-state index in [1.54, 1.807) is 10.9 Å². The van der Waals surface area contributed by atoms with Crippen molar-refractivity contribution in [2.75, 3.05) is 6.54 Å². The number of hydrogen-bond acceptors (Lipinski definition) is 3. The Kier molecular flexibility index (Phi) is 2.73. The molecule has 0 aromatic carbocycles. The number of nitrogens with zero attached hydrogens (tertiary/aromatic N) is 3. The summed E-state index contributed by atoms with van der Waals surface area (Å²) in [6.07, 6.45) is 5.45. The van der Waals surface area contributed by atoms with Crippen LogP contribution in [0, 0.1) is 0 Å². The second kappa shape index (κ2) is 4.02. The number of carboxylic acids is 1. The molecule has 15 heavy (non-hydrogen) atoms. The van der Waals surface area contributed by atoms with Crippen molar-refractivity contribution in [3.8, 4) is 0 Å². The maximum Gasteiger partial charge on any atom is 0.320 e. The van der Waals surface area contributed by atoms with E-state index < -0.39 is 5.97 Å². The first kappa shape index (κ1) is 10.2. The first-order valence-electron chi connectivity index (χ1n) is 5.11. The quantitative estimate of drug-likeness (QED) is 0.786. The molecule has 2 heterocycles. The van der Waals surface area contributed by atoms with E-state index in [1.165, 1.54) is 0 Å². The van der Waals surface area contributed by atoms with Gasteiger partial charge in [-0.25, -0.2) is 0 Å². The van der Waals surface area contributed by atoms with Crippen LogP contribution < -0.4 is 0 Å². The third kappa shape index (κ3) is 2.18. The highest BCUT2D eigenvalue weighted by Crippen LogP contribution is 2.19. The molecular formula is C10H15N3O2. The summed E-state index contributed by atoms with van der Waals surface area (Å²) in [5, 5.41) is 13.1. The predicted molar refractivity (Wildman–Crippen MR) is 54.3 cm³/mol. The van der Waals surface area contributed by atoms with Gasteiger partial charge in [0.05, 0.1) is 6.20 Å². The minimum absolute atomic E-state index is 0.315. The molecule has 0 aliphatic carbocycles. The summed E-state index contributed by atoms with van der Waals surface area (Å²) in [6, 6.07) is -0.315. The Bertz CT molecular complexity index is 361. The fourth-order valence-corrected chi connectivity index (χ4v) is 2.08. The molecule has 5 nitrogen and oxygen atoms in total. The molecule has 1 aliphatic rings. The number of aliphatic carboxylic acids is 1. The Labute approximate surface area is 88.3 Å². The van der Waals surface area contributed by atoms with Gasteiger partial charge in [-0.1, -0.05) is 0 Å². The van der Waals surface area contributed by atoms with Crippen molar-refractivity contribution < 1.29 is 9.90 Å². The molecule has 1 N–H and O–H groups in total. The molecule has 0 radical (unpaired) electrons. The van der Waals surface area contributed by atoms with Gasteiger partial charge in [-0.15, -0.1) is 0 Å². The van der Waals surface area contributed by atoms with Crippen LogP contribution in [-0.4, -0.2) is 38.3 Å². The second-order valence-corrected chi connectivity index (χ2v) is 3.99. The zero-order valence-electron chi connectivity index (χ0n) is 8.76. The van der Waals surface area contributed by atoms with Crippen LogP contribution in [0.2, 0.25) is 0 Å². The van der Waals surface area contributed by atoms with Crippen LogP contribution in [0.5, 0.6) is 0 Å². The van der Waals surface area contributed by atoms with Crippen LogP contribution in [0.3, 0.4) is 0 Å². The fraction of sp³-hybridized carbons (Fsp3) is 0.600. The molecule has 1 aromatic heterocycles. The summed E-state index contributed by atoms with van der Waals surface area (Å²) in [7, 11) is 1.86. The van der Waals surface area contributed by atoms with Crippen molar-refractivity contribution in [3.05, 3.63) is 18.0 Å². The lowest BCUT2D eigenvalue weighted by Gasteiger charge is -2.19. The van der Waals surface area contributed by atoms with E-state index >= 15 is 0 Å². The van der Waals surface area contributed by atoms with Crippen molar-refractivity contribution >= 4 is 5.97 Å². The van der Waals surface area contributed by atoms with Gasteiger partial charge in [0.15, 0.2) is 0 Å². The first-order valence-corrected chi connectivity index (χ1v) is 5.11. The lowest BCUT2D eigenvalue weighted by Crippen LogP contribution is -2.35. The van der Waals surface area contributed by atoms with Crippen molar-refractivity contribution in [1.29, 1.82) is 0 Å². The van der Waals surface area contributed by atoms with Crippen LogP contribution in [0.1, 0.15) is 18.4 Å². The monoisotopic (exact) mass is 209 g/mol. The van der Waals surface area contributed by atoms with Crippen LogP contribution in [0.4, 0.5) is 0 Å². The molecule has 1 aliphatic heterocycles. The topological polar surface area (TPSA) is 58.4 Å². The molecule has 2 rings (SSSR count).